The van der Waals surface area contributed by atoms with Gasteiger partial charge in [0.05, 0.1) is 10.6 Å². The van der Waals surface area contributed by atoms with Gasteiger partial charge in [0.2, 0.25) is 5.13 Å². The second-order valence-electron chi connectivity index (χ2n) is 6.15. The molecule has 0 saturated heterocycles. The van der Waals surface area contributed by atoms with Gasteiger partial charge in [0.15, 0.2) is 0 Å². The normalized spacial score (nSPS) is 21.8. The summed E-state index contributed by atoms with van der Waals surface area (Å²) >= 11 is 1.27. The van der Waals surface area contributed by atoms with E-state index in [0.717, 1.165) is 43.6 Å². The third-order valence-electron chi connectivity index (χ3n) is 4.45. The zero-order valence-corrected chi connectivity index (χ0v) is 13.9. The number of aryl methyl sites for hydroxylation is 1. The lowest BCUT2D eigenvalue weighted by Gasteiger charge is -2.22. The van der Waals surface area contributed by atoms with Crippen LogP contribution < -0.4 is 5.32 Å². The van der Waals surface area contributed by atoms with Crippen LogP contribution in [0.5, 0.6) is 0 Å². The van der Waals surface area contributed by atoms with E-state index in [1.165, 1.54) is 17.4 Å². The van der Waals surface area contributed by atoms with Gasteiger partial charge in [-0.05, 0) is 64.1 Å². The van der Waals surface area contributed by atoms with Gasteiger partial charge in [0.1, 0.15) is 0 Å². The van der Waals surface area contributed by atoms with E-state index >= 15 is 0 Å². The van der Waals surface area contributed by atoms with Crippen molar-refractivity contribution in [3.05, 3.63) is 16.1 Å². The van der Waals surface area contributed by atoms with E-state index in [-0.39, 0.29) is 6.42 Å². The number of halogens is 3. The van der Waals surface area contributed by atoms with Crippen molar-refractivity contribution < 1.29 is 13.2 Å². The fourth-order valence-electron chi connectivity index (χ4n) is 3.15. The number of nitrogens with one attached hydrogen (secondary N) is 1. The van der Waals surface area contributed by atoms with Crippen LogP contribution in [0.3, 0.4) is 0 Å². The van der Waals surface area contributed by atoms with Crippen molar-refractivity contribution in [1.29, 1.82) is 0 Å². The molecule has 2 aliphatic rings. The third kappa shape index (κ3) is 4.01. The molecule has 23 heavy (non-hydrogen) atoms. The Kier molecular flexibility index (Phi) is 4.87. The largest absolute Gasteiger partial charge is 0.412 e. The molecule has 0 aliphatic heterocycles. The number of hydrogen-bond donors (Lipinski definition) is 1. The minimum Gasteiger partial charge on any atom is -0.319 e. The first kappa shape index (κ1) is 16.6. The summed E-state index contributed by atoms with van der Waals surface area (Å²) in [4.78, 5) is 9.64. The van der Waals surface area contributed by atoms with Gasteiger partial charge in [0, 0.05) is 11.3 Å². The summed E-state index contributed by atoms with van der Waals surface area (Å²) in [6.07, 6.45) is 1.52. The Morgan fingerprint density at radius 1 is 1.26 bits per heavy atom. The van der Waals surface area contributed by atoms with Gasteiger partial charge in [-0.3, -0.25) is 0 Å². The smallest absolute Gasteiger partial charge is 0.319 e. The van der Waals surface area contributed by atoms with Gasteiger partial charge < -0.3 is 5.32 Å². The molecule has 2 aliphatic carbocycles. The Hall–Kier alpha value is -1.21. The first-order valence-corrected chi connectivity index (χ1v) is 8.76. The predicted molar refractivity (Wildman–Crippen MR) is 87.4 cm³/mol. The second kappa shape index (κ2) is 6.73. The molecule has 0 unspecified atom stereocenters. The summed E-state index contributed by atoms with van der Waals surface area (Å²) in [6, 6.07) is 0. The maximum atomic E-state index is 12.8. The predicted octanol–water partition coefficient (Wildman–Crippen LogP) is 4.52. The Morgan fingerprint density at radius 3 is 2.65 bits per heavy atom. The van der Waals surface area contributed by atoms with Crippen molar-refractivity contribution in [2.24, 2.45) is 10.9 Å². The highest BCUT2D eigenvalue weighted by Gasteiger charge is 2.35. The van der Waals surface area contributed by atoms with Gasteiger partial charge in [0.25, 0.3) is 0 Å². The Balaban J connectivity index is 1.71. The number of aliphatic imine (C=N–C) groups is 1. The molecule has 0 spiro atoms. The maximum Gasteiger partial charge on any atom is 0.412 e. The average Bonchev–Trinajstić information content (AvgIpc) is 2.90. The van der Waals surface area contributed by atoms with Crippen LogP contribution in [0.2, 0.25) is 0 Å². The molecule has 1 N–H and O–H groups in total. The van der Waals surface area contributed by atoms with Gasteiger partial charge in [-0.2, -0.15) is 13.2 Å². The van der Waals surface area contributed by atoms with Crippen molar-refractivity contribution >= 4 is 28.3 Å². The number of allylic oxidation sites excluding steroid dienone is 1. The molecule has 1 fully saturated rings. The van der Waals surface area contributed by atoms with Crippen molar-refractivity contribution in [2.45, 2.75) is 44.7 Å². The van der Waals surface area contributed by atoms with Crippen LogP contribution in [0.4, 0.5) is 18.3 Å². The van der Waals surface area contributed by atoms with Crippen LogP contribution in [-0.4, -0.2) is 30.5 Å². The van der Waals surface area contributed by atoms with Crippen molar-refractivity contribution in [3.8, 4) is 0 Å². The van der Waals surface area contributed by atoms with Gasteiger partial charge in [-0.1, -0.05) is 11.3 Å². The van der Waals surface area contributed by atoms with E-state index in [1.54, 1.807) is 0 Å². The summed E-state index contributed by atoms with van der Waals surface area (Å²) in [5.74, 6) is 0.695. The topological polar surface area (TPSA) is 37.3 Å². The van der Waals surface area contributed by atoms with E-state index in [9.17, 15) is 13.2 Å². The molecule has 0 atom stereocenters. The van der Waals surface area contributed by atoms with Crippen molar-refractivity contribution in [3.63, 3.8) is 0 Å². The van der Waals surface area contributed by atoms with Crippen molar-refractivity contribution in [1.82, 2.24) is 10.3 Å². The van der Waals surface area contributed by atoms with Gasteiger partial charge in [-0.15, -0.1) is 0 Å². The van der Waals surface area contributed by atoms with Crippen molar-refractivity contribution in [2.75, 3.05) is 13.6 Å². The Labute approximate surface area is 137 Å². The Bertz CT molecular complexity index is 621. The summed E-state index contributed by atoms with van der Waals surface area (Å²) in [5, 5.41) is 3.81. The lowest BCUT2D eigenvalue weighted by Crippen LogP contribution is -2.23. The quantitative estimate of drug-likeness (QED) is 0.876. The molecule has 1 heterocycles. The summed E-state index contributed by atoms with van der Waals surface area (Å²) in [5.41, 5.74) is 1.43. The number of aromatic nitrogens is 1. The molecule has 7 heteroatoms. The molecular formula is C16H20F3N3S. The molecule has 0 amide bonds. The van der Waals surface area contributed by atoms with Gasteiger partial charge in [-0.25, -0.2) is 9.98 Å². The van der Waals surface area contributed by atoms with E-state index in [0.29, 0.717) is 22.3 Å². The number of thiazole rings is 1. The monoisotopic (exact) mass is 343 g/mol. The number of nitrogens with zero attached hydrogens (tertiary/aromatic N) is 2. The highest BCUT2D eigenvalue weighted by Crippen LogP contribution is 2.39. The van der Waals surface area contributed by atoms with Crippen LogP contribution in [0.15, 0.2) is 10.6 Å². The van der Waals surface area contributed by atoms with Gasteiger partial charge >= 0.3 is 6.18 Å². The van der Waals surface area contributed by atoms with Crippen LogP contribution >= 0.6 is 11.3 Å². The maximum absolute atomic E-state index is 12.8. The molecule has 0 bridgehead atoms. The van der Waals surface area contributed by atoms with Crippen LogP contribution in [0.25, 0.3) is 6.08 Å². The molecule has 3 nitrogen and oxygen atoms in total. The van der Waals surface area contributed by atoms with E-state index in [2.05, 4.69) is 15.3 Å². The molecule has 126 valence electrons. The number of fused-ring (bicyclic) bond motifs is 1. The number of alkyl halides is 3. The highest BCUT2D eigenvalue weighted by molar-refractivity contribution is 7.16. The lowest BCUT2D eigenvalue weighted by atomic mass is 9.88. The standard InChI is InChI=1S/C16H20F3N3S/c1-20-9-10-2-5-12(6-3-10)21-15-22-13-7-4-11(16(17,18)19)8-14(13)23-15/h8,10,20H,2-7,9H2,1H3. The average molecular weight is 343 g/mol. The lowest BCUT2D eigenvalue weighted by molar-refractivity contribution is -0.0931. The molecule has 0 aromatic carbocycles. The van der Waals surface area contributed by atoms with Crippen LogP contribution in [-0.2, 0) is 6.42 Å². The molecule has 1 saturated carbocycles. The third-order valence-corrected chi connectivity index (χ3v) is 5.38. The summed E-state index contributed by atoms with van der Waals surface area (Å²) < 4.78 is 38.4. The molecule has 1 aromatic rings. The fourth-order valence-corrected chi connectivity index (χ4v) is 4.14. The highest BCUT2D eigenvalue weighted by atomic mass is 32.1. The first-order valence-electron chi connectivity index (χ1n) is 7.94. The van der Waals surface area contributed by atoms with E-state index in [1.807, 2.05) is 7.05 Å². The summed E-state index contributed by atoms with van der Waals surface area (Å²) in [6.45, 7) is 1.03. The number of rotatable bonds is 3. The second-order valence-corrected chi connectivity index (χ2v) is 7.16. The van der Waals surface area contributed by atoms with E-state index in [4.69, 9.17) is 0 Å². The first-order chi connectivity index (χ1) is 11.0. The molecule has 3 rings (SSSR count). The SMILES string of the molecule is CNCC1CCC(=Nc2nc3c(s2)C=C(C(F)(F)F)CC3)CC1. The summed E-state index contributed by atoms with van der Waals surface area (Å²) in [7, 11) is 1.96. The fraction of sp³-hybridized carbons (Fsp3) is 0.625. The van der Waals surface area contributed by atoms with Crippen LogP contribution in [0.1, 0.15) is 42.7 Å². The zero-order chi connectivity index (χ0) is 16.4. The molecule has 0 radical (unpaired) electrons. The number of hydrogen-bond acceptors (Lipinski definition) is 4. The minimum absolute atomic E-state index is 0.0158. The van der Waals surface area contributed by atoms with E-state index < -0.39 is 11.7 Å². The van der Waals surface area contributed by atoms with Crippen LogP contribution in [0, 0.1) is 5.92 Å². The molecule has 1 aromatic heterocycles. The Morgan fingerprint density at radius 2 is 2.00 bits per heavy atom. The minimum atomic E-state index is -4.24. The zero-order valence-electron chi connectivity index (χ0n) is 13.0. The molecular weight excluding hydrogens is 323 g/mol.